The van der Waals surface area contributed by atoms with Gasteiger partial charge >= 0.3 is 5.97 Å². The molecule has 0 saturated carbocycles. The lowest BCUT2D eigenvalue weighted by molar-refractivity contribution is -0.686. The molecule has 8 heteroatoms. The Balaban J connectivity index is 0.00000308. The summed E-state index contributed by atoms with van der Waals surface area (Å²) in [6, 6.07) is 16.0. The Morgan fingerprint density at radius 2 is 1.72 bits per heavy atom. The predicted molar refractivity (Wildman–Crippen MR) is 142 cm³/mol. The van der Waals surface area contributed by atoms with Crippen LogP contribution >= 0.6 is 0 Å². The highest BCUT2D eigenvalue weighted by molar-refractivity contribution is 5.95. The third-order valence-electron chi connectivity index (χ3n) is 7.37. The Hall–Kier alpha value is -3.53. The second-order valence-corrected chi connectivity index (χ2v) is 9.44. The van der Waals surface area contributed by atoms with Crippen molar-refractivity contribution < 1.29 is 57.0 Å². The second kappa shape index (κ2) is 11.3. The molecule has 39 heavy (non-hydrogen) atoms. The van der Waals surface area contributed by atoms with E-state index in [0.29, 0.717) is 17.9 Å². The maximum atomic E-state index is 12.1. The van der Waals surface area contributed by atoms with Gasteiger partial charge in [-0.25, -0.2) is 4.79 Å². The molecule has 7 nitrogen and oxygen atoms in total. The average molecular weight is 639 g/mol. The van der Waals surface area contributed by atoms with Crippen molar-refractivity contribution in [2.24, 2.45) is 0 Å². The first-order chi connectivity index (χ1) is 18.6. The van der Waals surface area contributed by atoms with Crippen molar-refractivity contribution in [2.45, 2.75) is 32.7 Å². The van der Waals surface area contributed by atoms with Gasteiger partial charge in [-0.05, 0) is 67.3 Å². The fourth-order valence-electron chi connectivity index (χ4n) is 5.55. The number of rotatable bonds is 7. The first-order valence-corrected chi connectivity index (χ1v) is 12.9. The summed E-state index contributed by atoms with van der Waals surface area (Å²) in [5.41, 5.74) is 6.57. The Labute approximate surface area is 244 Å². The van der Waals surface area contributed by atoms with Crippen LogP contribution in [0, 0.1) is 0 Å². The van der Waals surface area contributed by atoms with E-state index in [1.165, 1.54) is 22.4 Å². The number of halogens is 1. The molecule has 4 aromatic rings. The van der Waals surface area contributed by atoms with Crippen LogP contribution in [0.25, 0.3) is 22.0 Å². The molecule has 0 amide bonds. The van der Waals surface area contributed by atoms with E-state index in [9.17, 15) is 4.79 Å². The van der Waals surface area contributed by atoms with Gasteiger partial charge in [0.1, 0.15) is 0 Å². The van der Waals surface area contributed by atoms with Crippen LogP contribution in [0.1, 0.15) is 34.0 Å². The number of methoxy groups -OCH3 is 2. The van der Waals surface area contributed by atoms with Gasteiger partial charge in [-0.2, -0.15) is 4.57 Å². The van der Waals surface area contributed by atoms with Crippen molar-refractivity contribution in [1.29, 1.82) is 0 Å². The van der Waals surface area contributed by atoms with Gasteiger partial charge in [-0.3, -0.25) is 0 Å². The quantitative estimate of drug-likeness (QED) is 0.175. The topological polar surface area (TPSA) is 67.1 Å². The molecule has 0 fully saturated rings. The predicted octanol–water partition coefficient (Wildman–Crippen LogP) is 2.06. The fourth-order valence-corrected chi connectivity index (χ4v) is 5.55. The number of hydrogen-bond acceptors (Lipinski definition) is 6. The first kappa shape index (κ1) is 27.1. The van der Waals surface area contributed by atoms with Crippen LogP contribution in [0.2, 0.25) is 0 Å². The average Bonchev–Trinajstić information content (AvgIpc) is 3.41. The van der Waals surface area contributed by atoms with Crippen LogP contribution in [0.15, 0.2) is 54.7 Å². The van der Waals surface area contributed by atoms with Crippen LogP contribution in [-0.2, 0) is 30.5 Å². The van der Waals surface area contributed by atoms with E-state index in [-0.39, 0.29) is 36.7 Å². The molecule has 3 heterocycles. The van der Waals surface area contributed by atoms with E-state index >= 15 is 0 Å². The third kappa shape index (κ3) is 4.86. The number of ether oxygens (including phenoxy) is 5. The minimum Gasteiger partial charge on any atom is -1.00 e. The van der Waals surface area contributed by atoms with E-state index in [0.717, 1.165) is 59.4 Å². The maximum absolute atomic E-state index is 12.1. The number of aryl methyl sites for hydroxylation is 4. The maximum Gasteiger partial charge on any atom is 0.338 e. The minimum absolute atomic E-state index is 0. The van der Waals surface area contributed by atoms with Crippen molar-refractivity contribution in [2.75, 3.05) is 27.6 Å². The minimum atomic E-state index is -0.296. The van der Waals surface area contributed by atoms with E-state index in [1.807, 2.05) is 37.3 Å². The monoisotopic (exact) mass is 639 g/mol. The highest BCUT2D eigenvalue weighted by Crippen LogP contribution is 2.43. The molecule has 2 aliphatic rings. The van der Waals surface area contributed by atoms with Crippen molar-refractivity contribution in [1.82, 2.24) is 0 Å². The lowest BCUT2D eigenvalue weighted by atomic mass is 9.88. The van der Waals surface area contributed by atoms with Crippen LogP contribution in [0.3, 0.4) is 0 Å². The summed E-state index contributed by atoms with van der Waals surface area (Å²) in [5.74, 6) is 2.74. The molecular formula is C31H30INO6. The fraction of sp³-hybridized carbons (Fsp3) is 0.290. The SMILES string of the molecule is CCOC(=O)c1ccc(CCc2c3[n+](cc4c(OC)c(OC)ccc24)CCc2cc4c(cc2-3)OCO4)cc1.[I-]. The molecular weight excluding hydrogens is 609 g/mol. The first-order valence-electron chi connectivity index (χ1n) is 12.9. The number of carbonyl (C=O) groups excluding carboxylic acids is 1. The van der Waals surface area contributed by atoms with Gasteiger partial charge in [0, 0.05) is 17.4 Å². The van der Waals surface area contributed by atoms with Gasteiger partial charge in [-0.15, -0.1) is 0 Å². The van der Waals surface area contributed by atoms with E-state index < -0.39 is 0 Å². The van der Waals surface area contributed by atoms with Crippen molar-refractivity contribution in [3.63, 3.8) is 0 Å². The Morgan fingerprint density at radius 3 is 2.44 bits per heavy atom. The summed E-state index contributed by atoms with van der Waals surface area (Å²) < 4.78 is 30.3. The largest absolute Gasteiger partial charge is 1.00 e. The zero-order valence-corrected chi connectivity index (χ0v) is 24.4. The van der Waals surface area contributed by atoms with Gasteiger partial charge in [0.25, 0.3) is 0 Å². The summed E-state index contributed by atoms with van der Waals surface area (Å²) in [6.07, 6.45) is 4.69. The number of hydrogen-bond donors (Lipinski definition) is 0. The number of nitrogens with zero attached hydrogens (tertiary/aromatic N) is 1. The zero-order valence-electron chi connectivity index (χ0n) is 22.2. The summed E-state index contributed by atoms with van der Waals surface area (Å²) in [7, 11) is 3.34. The molecule has 1 aromatic heterocycles. The van der Waals surface area contributed by atoms with E-state index in [2.05, 4.69) is 29.0 Å². The van der Waals surface area contributed by atoms with Crippen LogP contribution in [-0.4, -0.2) is 33.6 Å². The Kier molecular flexibility index (Phi) is 7.83. The molecule has 0 atom stereocenters. The Morgan fingerprint density at radius 1 is 0.949 bits per heavy atom. The molecule has 0 N–H and O–H groups in total. The summed E-state index contributed by atoms with van der Waals surface area (Å²) >= 11 is 0. The number of esters is 1. The summed E-state index contributed by atoms with van der Waals surface area (Å²) in [6.45, 7) is 3.27. The van der Waals surface area contributed by atoms with E-state index in [1.54, 1.807) is 14.2 Å². The van der Waals surface area contributed by atoms with Gasteiger partial charge in [0.2, 0.25) is 12.5 Å². The number of benzene rings is 3. The van der Waals surface area contributed by atoms with Gasteiger partial charge in [-0.1, -0.05) is 12.1 Å². The van der Waals surface area contributed by atoms with Gasteiger partial charge in [0.15, 0.2) is 35.7 Å². The molecule has 0 spiro atoms. The van der Waals surface area contributed by atoms with Crippen molar-refractivity contribution in [3.8, 4) is 34.3 Å². The molecule has 3 aromatic carbocycles. The molecule has 0 radical (unpaired) electrons. The summed E-state index contributed by atoms with van der Waals surface area (Å²) in [5, 5.41) is 2.15. The second-order valence-electron chi connectivity index (χ2n) is 9.44. The number of fused-ring (bicyclic) bond motifs is 5. The standard InChI is InChI=1S/C31H30NO6.HI/c1-4-36-31(33)20-8-5-19(6-9-20)7-10-23-22-11-12-26(34-2)30(35-3)25(22)17-32-14-13-21-15-27-28(38-18-37-27)16-24(21)29(23)32;/h5-6,8-9,11-12,15-17H,4,7,10,13-14,18H2,1-3H3;1H/q+1;/p-1. The van der Waals surface area contributed by atoms with Crippen LogP contribution in [0.4, 0.5) is 0 Å². The molecule has 0 saturated heterocycles. The molecule has 202 valence electrons. The Bertz CT molecular complexity index is 1550. The molecule has 0 aliphatic carbocycles. The highest BCUT2D eigenvalue weighted by atomic mass is 127. The molecule has 0 unspecified atom stereocenters. The van der Waals surface area contributed by atoms with Crippen molar-refractivity contribution in [3.05, 3.63) is 77.0 Å². The third-order valence-corrected chi connectivity index (χ3v) is 7.37. The molecule has 0 bridgehead atoms. The van der Waals surface area contributed by atoms with Crippen LogP contribution in [0.5, 0.6) is 23.0 Å². The number of pyridine rings is 1. The zero-order chi connectivity index (χ0) is 26.2. The highest BCUT2D eigenvalue weighted by Gasteiger charge is 2.32. The lowest BCUT2D eigenvalue weighted by Crippen LogP contribution is -3.00. The van der Waals surface area contributed by atoms with E-state index in [4.69, 9.17) is 23.7 Å². The smallest absolute Gasteiger partial charge is 0.338 e. The molecule has 2 aliphatic heterocycles. The number of aromatic nitrogens is 1. The summed E-state index contributed by atoms with van der Waals surface area (Å²) in [4.78, 5) is 12.1. The van der Waals surface area contributed by atoms with Crippen molar-refractivity contribution >= 4 is 16.7 Å². The van der Waals surface area contributed by atoms with Gasteiger partial charge < -0.3 is 47.7 Å². The lowest BCUT2D eigenvalue weighted by Gasteiger charge is -2.21. The number of carbonyl (C=O) groups is 1. The normalized spacial score (nSPS) is 12.8. The molecule has 6 rings (SSSR count). The van der Waals surface area contributed by atoms with Crippen LogP contribution < -0.4 is 47.5 Å². The van der Waals surface area contributed by atoms with Gasteiger partial charge in [0.05, 0.1) is 37.3 Å².